The lowest BCUT2D eigenvalue weighted by Crippen LogP contribution is -2.23. The summed E-state index contributed by atoms with van der Waals surface area (Å²) in [5.41, 5.74) is 6.20. The number of anilines is 1. The summed E-state index contributed by atoms with van der Waals surface area (Å²) in [6.45, 7) is 5.53. The predicted octanol–water partition coefficient (Wildman–Crippen LogP) is 1.69. The van der Waals surface area contributed by atoms with Gasteiger partial charge in [0.15, 0.2) is 11.5 Å². The second kappa shape index (κ2) is 8.28. The first kappa shape index (κ1) is 19.2. The molecular weight excluding hydrogens is 349 g/mol. The van der Waals surface area contributed by atoms with Crippen molar-refractivity contribution >= 4 is 31.0 Å². The lowest BCUT2D eigenvalue weighted by molar-refractivity contribution is -0.159. The molecule has 0 bridgehead atoms. The Morgan fingerprint density at radius 2 is 2.08 bits per heavy atom. The Morgan fingerprint density at radius 3 is 2.80 bits per heavy atom. The van der Waals surface area contributed by atoms with Crippen LogP contribution in [-0.4, -0.2) is 45.2 Å². The lowest BCUT2D eigenvalue weighted by Gasteiger charge is -2.14. The number of fused-ring (bicyclic) bond motifs is 1. The lowest BCUT2D eigenvalue weighted by atomic mass is 9.98. The van der Waals surface area contributed by atoms with E-state index in [0.717, 1.165) is 0 Å². The first-order valence-electron chi connectivity index (χ1n) is 7.53. The fourth-order valence-electron chi connectivity index (χ4n) is 1.76. The maximum absolute atomic E-state index is 11.6. The molecule has 1 unspecified atom stereocenters. The van der Waals surface area contributed by atoms with Crippen molar-refractivity contribution in [3.8, 4) is 0 Å². The van der Waals surface area contributed by atoms with Gasteiger partial charge in [-0.05, 0) is 25.3 Å². The van der Waals surface area contributed by atoms with Crippen LogP contribution < -0.4 is 5.73 Å². The molecule has 136 valence electrons. The van der Waals surface area contributed by atoms with Crippen LogP contribution in [0.5, 0.6) is 0 Å². The van der Waals surface area contributed by atoms with Gasteiger partial charge in [-0.1, -0.05) is 0 Å². The van der Waals surface area contributed by atoms with Gasteiger partial charge in [0.05, 0.1) is 18.3 Å². The van der Waals surface area contributed by atoms with Crippen molar-refractivity contribution in [2.75, 3.05) is 25.5 Å². The molecule has 0 amide bonds. The van der Waals surface area contributed by atoms with Crippen molar-refractivity contribution in [1.29, 1.82) is 0 Å². The molecule has 0 saturated heterocycles. The highest BCUT2D eigenvalue weighted by Crippen LogP contribution is 2.23. The van der Waals surface area contributed by atoms with E-state index in [1.54, 1.807) is 31.7 Å². The Kier molecular flexibility index (Phi) is 6.35. The maximum Gasteiger partial charge on any atom is 0.540 e. The Balaban J connectivity index is 1.68. The normalized spacial score (nSPS) is 12.4. The summed E-state index contributed by atoms with van der Waals surface area (Å²) in [6.07, 6.45) is 2.84. The van der Waals surface area contributed by atoms with Crippen molar-refractivity contribution in [2.24, 2.45) is 5.41 Å². The topological polar surface area (TPSA) is 131 Å². The van der Waals surface area contributed by atoms with E-state index < -0.39 is 19.4 Å². The first-order valence-corrected chi connectivity index (χ1v) is 8.89. The zero-order valence-corrected chi connectivity index (χ0v) is 15.2. The fraction of sp³-hybridized carbons (Fsp3) is 0.571. The molecule has 10 nitrogen and oxygen atoms in total. The van der Waals surface area contributed by atoms with Crippen LogP contribution in [0.2, 0.25) is 0 Å². The number of nitrogens with zero attached hydrogens (tertiary/aromatic N) is 4. The minimum absolute atomic E-state index is 0.105. The Morgan fingerprint density at radius 1 is 1.32 bits per heavy atom. The zero-order valence-electron chi connectivity index (χ0n) is 14.3. The van der Waals surface area contributed by atoms with Gasteiger partial charge in [0.1, 0.15) is 11.8 Å². The zero-order chi connectivity index (χ0) is 18.4. The van der Waals surface area contributed by atoms with E-state index in [2.05, 4.69) is 15.0 Å². The summed E-state index contributed by atoms with van der Waals surface area (Å²) in [6, 6.07) is 0. The summed E-state index contributed by atoms with van der Waals surface area (Å²) in [5, 5.41) is 0. The maximum atomic E-state index is 11.6. The van der Waals surface area contributed by atoms with Crippen LogP contribution in [0.25, 0.3) is 11.2 Å². The van der Waals surface area contributed by atoms with Crippen LogP contribution in [0, 0.1) is 5.41 Å². The highest BCUT2D eigenvalue weighted by Gasteiger charge is 2.25. The van der Waals surface area contributed by atoms with E-state index in [0.29, 0.717) is 23.5 Å². The van der Waals surface area contributed by atoms with Crippen LogP contribution in [-0.2, 0) is 29.9 Å². The van der Waals surface area contributed by atoms with Crippen LogP contribution in [0.4, 0.5) is 5.82 Å². The largest absolute Gasteiger partial charge is 0.540 e. The fourth-order valence-corrected chi connectivity index (χ4v) is 2.28. The van der Waals surface area contributed by atoms with Gasteiger partial charge in [-0.25, -0.2) is 15.0 Å². The monoisotopic (exact) mass is 370 g/mol. The van der Waals surface area contributed by atoms with E-state index in [1.165, 1.54) is 6.33 Å². The van der Waals surface area contributed by atoms with Crippen molar-refractivity contribution in [3.63, 3.8) is 0 Å². The number of rotatable bonds is 8. The van der Waals surface area contributed by atoms with Crippen molar-refractivity contribution in [2.45, 2.75) is 27.3 Å². The van der Waals surface area contributed by atoms with Gasteiger partial charge in [-0.2, -0.15) is 0 Å². The van der Waals surface area contributed by atoms with E-state index in [1.807, 2.05) is 0 Å². The number of carbonyl (C=O) groups excluding carboxylic acids is 1. The van der Waals surface area contributed by atoms with Crippen LogP contribution in [0.15, 0.2) is 12.7 Å². The number of aromatic nitrogens is 4. The average molecular weight is 370 g/mol. The van der Waals surface area contributed by atoms with Crippen molar-refractivity contribution in [3.05, 3.63) is 12.7 Å². The molecule has 2 rings (SSSR count). The van der Waals surface area contributed by atoms with Gasteiger partial charge >= 0.3 is 14.0 Å². The van der Waals surface area contributed by atoms with Gasteiger partial charge in [-0.3, -0.25) is 4.79 Å². The van der Waals surface area contributed by atoms with E-state index in [-0.39, 0.29) is 19.7 Å². The molecule has 0 aromatic carbocycles. The van der Waals surface area contributed by atoms with Crippen molar-refractivity contribution < 1.29 is 23.4 Å². The predicted molar refractivity (Wildman–Crippen MR) is 89.7 cm³/mol. The van der Waals surface area contributed by atoms with Crippen molar-refractivity contribution in [1.82, 2.24) is 19.5 Å². The molecule has 11 heteroatoms. The molecule has 2 aromatic heterocycles. The van der Waals surface area contributed by atoms with Gasteiger partial charge in [0, 0.05) is 6.54 Å². The molecule has 2 aromatic rings. The molecule has 0 aliphatic rings. The summed E-state index contributed by atoms with van der Waals surface area (Å²) >= 11 is 0. The Bertz CT molecular complexity index is 758. The van der Waals surface area contributed by atoms with E-state index >= 15 is 0 Å². The number of nitrogen functional groups attached to an aromatic ring is 1. The number of esters is 1. The number of imidazole rings is 1. The molecule has 0 aliphatic carbocycles. The summed E-state index contributed by atoms with van der Waals surface area (Å²) in [7, 11) is -2.08. The van der Waals surface area contributed by atoms with Crippen LogP contribution in [0.1, 0.15) is 20.8 Å². The number of hydrogen-bond acceptors (Lipinski definition) is 9. The number of ether oxygens (including phenoxy) is 2. The summed E-state index contributed by atoms with van der Waals surface area (Å²) in [4.78, 5) is 23.6. The van der Waals surface area contributed by atoms with E-state index in [9.17, 15) is 9.36 Å². The van der Waals surface area contributed by atoms with Crippen LogP contribution in [0.3, 0.4) is 0 Å². The molecule has 0 radical (unpaired) electrons. The first-order chi connectivity index (χ1) is 11.8. The number of hydrogen-bond donors (Lipinski definition) is 1. The Hall–Kier alpha value is -2.16. The minimum atomic E-state index is -2.08. The molecule has 0 aliphatic heterocycles. The van der Waals surface area contributed by atoms with E-state index in [4.69, 9.17) is 19.7 Å². The Labute approximate surface area is 145 Å². The van der Waals surface area contributed by atoms with Gasteiger partial charge < -0.3 is 19.8 Å². The highest BCUT2D eigenvalue weighted by molar-refractivity contribution is 7.38. The molecule has 0 saturated carbocycles. The van der Waals surface area contributed by atoms with Gasteiger partial charge in [0.2, 0.25) is 6.79 Å². The number of nitrogens with two attached hydrogens (primary N) is 1. The second-order valence-corrected chi connectivity index (χ2v) is 7.35. The third-order valence-corrected chi connectivity index (χ3v) is 3.89. The van der Waals surface area contributed by atoms with Gasteiger partial charge in [-0.15, -0.1) is 4.52 Å². The summed E-state index contributed by atoms with van der Waals surface area (Å²) in [5.74, 6) is -0.115. The molecule has 0 spiro atoms. The third-order valence-electron chi connectivity index (χ3n) is 3.10. The highest BCUT2D eigenvalue weighted by atomic mass is 31.1. The smallest absolute Gasteiger partial charge is 0.433 e. The number of carbonyl (C=O) groups is 1. The minimum Gasteiger partial charge on any atom is -0.433 e. The SMILES string of the molecule is CC(C)(C)C(=O)OCO[P+](=O)COCCn1cnc2c(N)ncnc21. The molecule has 0 fully saturated rings. The molecule has 25 heavy (non-hydrogen) atoms. The van der Waals surface area contributed by atoms with Gasteiger partial charge in [0.25, 0.3) is 6.35 Å². The average Bonchev–Trinajstić information content (AvgIpc) is 2.95. The molecule has 1 atom stereocenters. The molecule has 2 heterocycles. The molecular formula is C14H21N5O5P+. The quantitative estimate of drug-likeness (QED) is 0.319. The second-order valence-electron chi connectivity index (χ2n) is 6.17. The van der Waals surface area contributed by atoms with Crippen LogP contribution >= 0.6 is 8.03 Å². The molecule has 2 N–H and O–H groups in total. The summed E-state index contributed by atoms with van der Waals surface area (Å²) < 4.78 is 28.5. The standard InChI is InChI=1S/C14H21N5O5P/c1-14(2,3)13(20)23-8-24-25(21)9-22-5-4-19-7-18-10-11(15)16-6-17-12(10)19/h6-7H,4-5,8-9H2,1-3H3,(H2,15,16,17)/q+1. The third kappa shape index (κ3) is 5.42.